The number of fused-ring (bicyclic) bond motifs is 1. The summed E-state index contributed by atoms with van der Waals surface area (Å²) < 4.78 is 4.79. The zero-order valence-corrected chi connectivity index (χ0v) is 16.3. The first-order chi connectivity index (χ1) is 12.8. The molecule has 0 aliphatic heterocycles. The number of nitrogens with zero attached hydrogens (tertiary/aromatic N) is 1. The fourth-order valence-electron chi connectivity index (χ4n) is 2.87. The minimum atomic E-state index is -0.402. The lowest BCUT2D eigenvalue weighted by Gasteiger charge is -2.04. The number of carbonyl (C=O) groups is 2. The summed E-state index contributed by atoms with van der Waals surface area (Å²) >= 11 is 1.25. The normalized spacial score (nSPS) is 11.3. The topological polar surface area (TPSA) is 76.5 Å². The van der Waals surface area contributed by atoms with Crippen LogP contribution >= 0.6 is 11.3 Å². The summed E-state index contributed by atoms with van der Waals surface area (Å²) in [5, 5.41) is 10.6. The molecule has 0 spiro atoms. The number of aryl methyl sites for hydroxylation is 3. The molecule has 0 bridgehead atoms. The van der Waals surface area contributed by atoms with Crippen molar-refractivity contribution in [3.05, 3.63) is 63.2 Å². The molecule has 0 atom stereocenters. The molecule has 27 heavy (non-hydrogen) atoms. The van der Waals surface area contributed by atoms with E-state index in [1.807, 2.05) is 32.9 Å². The first-order valence-electron chi connectivity index (χ1n) is 8.32. The van der Waals surface area contributed by atoms with Gasteiger partial charge in [-0.1, -0.05) is 6.08 Å². The van der Waals surface area contributed by atoms with Crippen LogP contribution in [0.5, 0.6) is 5.75 Å². The highest BCUT2D eigenvalue weighted by Crippen LogP contribution is 2.30. The molecule has 1 aromatic carbocycles. The molecule has 5 nitrogen and oxygen atoms in total. The van der Waals surface area contributed by atoms with Crippen molar-refractivity contribution in [3.8, 4) is 5.75 Å². The number of rotatable bonds is 4. The summed E-state index contributed by atoms with van der Waals surface area (Å²) in [7, 11) is 1.34. The van der Waals surface area contributed by atoms with Crippen LogP contribution in [0.4, 0.5) is 0 Å². The molecule has 3 rings (SSSR count). The van der Waals surface area contributed by atoms with Gasteiger partial charge in [-0.2, -0.15) is 0 Å². The minimum absolute atomic E-state index is 0.182. The molecule has 0 saturated heterocycles. The molecule has 3 aromatic rings. The van der Waals surface area contributed by atoms with Gasteiger partial charge < -0.3 is 9.84 Å². The molecule has 0 fully saturated rings. The van der Waals surface area contributed by atoms with E-state index in [1.54, 1.807) is 12.1 Å². The SMILES string of the molecule is COC(=O)c1sc2ncc(C(=O)/C=C/c3cc(C)c(O)c(C)c3)cc2c1C. The maximum absolute atomic E-state index is 12.5. The second-order valence-electron chi connectivity index (χ2n) is 6.33. The van der Waals surface area contributed by atoms with Gasteiger partial charge >= 0.3 is 5.97 Å². The predicted octanol–water partition coefficient (Wildman–Crippen LogP) is 4.61. The second-order valence-corrected chi connectivity index (χ2v) is 7.32. The number of hydrogen-bond acceptors (Lipinski definition) is 6. The van der Waals surface area contributed by atoms with Crippen molar-refractivity contribution in [1.82, 2.24) is 4.98 Å². The Balaban J connectivity index is 1.92. The van der Waals surface area contributed by atoms with E-state index < -0.39 is 5.97 Å². The van der Waals surface area contributed by atoms with Crippen LogP contribution in [-0.2, 0) is 4.74 Å². The van der Waals surface area contributed by atoms with Crippen LogP contribution in [0, 0.1) is 20.8 Å². The molecular formula is C21H19NO4S. The monoisotopic (exact) mass is 381 g/mol. The number of ether oxygens (including phenoxy) is 1. The lowest BCUT2D eigenvalue weighted by atomic mass is 10.0. The molecule has 2 heterocycles. The van der Waals surface area contributed by atoms with Crippen molar-refractivity contribution in [3.63, 3.8) is 0 Å². The van der Waals surface area contributed by atoms with E-state index in [4.69, 9.17) is 4.74 Å². The molecule has 0 amide bonds. The highest BCUT2D eigenvalue weighted by atomic mass is 32.1. The summed E-state index contributed by atoms with van der Waals surface area (Å²) in [6.07, 6.45) is 4.71. The summed E-state index contributed by atoms with van der Waals surface area (Å²) in [6.45, 7) is 5.45. The van der Waals surface area contributed by atoms with Crippen LogP contribution in [0.15, 0.2) is 30.5 Å². The number of pyridine rings is 1. The summed E-state index contributed by atoms with van der Waals surface area (Å²) in [5.74, 6) is -0.318. The van der Waals surface area contributed by atoms with Crippen LogP contribution in [0.3, 0.4) is 0 Å². The van der Waals surface area contributed by atoms with Crippen LogP contribution in [0.25, 0.3) is 16.3 Å². The molecule has 0 unspecified atom stereocenters. The molecule has 0 aliphatic rings. The average molecular weight is 381 g/mol. The summed E-state index contributed by atoms with van der Waals surface area (Å²) in [4.78, 5) is 29.9. The number of allylic oxidation sites excluding steroid dienone is 1. The highest BCUT2D eigenvalue weighted by molar-refractivity contribution is 7.20. The average Bonchev–Trinajstić information content (AvgIpc) is 2.99. The van der Waals surface area contributed by atoms with Crippen LogP contribution < -0.4 is 0 Å². The standard InChI is InChI=1S/C21H19NO4S/c1-11-7-14(8-12(2)18(11)24)5-6-17(23)15-9-16-13(3)19(21(25)26-4)27-20(16)22-10-15/h5-10,24H,1-4H3/b6-5+. The van der Waals surface area contributed by atoms with Gasteiger partial charge in [-0.15, -0.1) is 11.3 Å². The van der Waals surface area contributed by atoms with E-state index in [1.165, 1.54) is 30.7 Å². The number of ketones is 1. The highest BCUT2D eigenvalue weighted by Gasteiger charge is 2.17. The van der Waals surface area contributed by atoms with E-state index in [0.717, 1.165) is 27.6 Å². The minimum Gasteiger partial charge on any atom is -0.507 e. The van der Waals surface area contributed by atoms with Gasteiger partial charge in [0.2, 0.25) is 0 Å². The predicted molar refractivity (Wildman–Crippen MR) is 107 cm³/mol. The fourth-order valence-corrected chi connectivity index (χ4v) is 3.92. The van der Waals surface area contributed by atoms with Crippen molar-refractivity contribution >= 4 is 39.4 Å². The number of carbonyl (C=O) groups excluding carboxylic acids is 2. The van der Waals surface area contributed by atoms with Crippen LogP contribution in [-0.4, -0.2) is 29.0 Å². The fraction of sp³-hybridized carbons (Fsp3) is 0.190. The Hall–Kier alpha value is -2.99. The Kier molecular flexibility index (Phi) is 5.10. The van der Waals surface area contributed by atoms with Crippen molar-refractivity contribution in [2.75, 3.05) is 7.11 Å². The Morgan fingerprint density at radius 1 is 1.15 bits per heavy atom. The largest absolute Gasteiger partial charge is 0.507 e. The molecule has 138 valence electrons. The van der Waals surface area contributed by atoms with Gasteiger partial charge in [0.15, 0.2) is 5.78 Å². The van der Waals surface area contributed by atoms with E-state index in [9.17, 15) is 14.7 Å². The summed E-state index contributed by atoms with van der Waals surface area (Å²) in [6, 6.07) is 5.39. The quantitative estimate of drug-likeness (QED) is 0.406. The van der Waals surface area contributed by atoms with E-state index in [2.05, 4.69) is 4.98 Å². The van der Waals surface area contributed by atoms with Gasteiger partial charge in [0.1, 0.15) is 15.5 Å². The number of phenols is 1. The number of hydrogen-bond donors (Lipinski definition) is 1. The van der Waals surface area contributed by atoms with E-state index in [-0.39, 0.29) is 11.5 Å². The molecular weight excluding hydrogens is 362 g/mol. The first kappa shape index (κ1) is 18.8. The number of aromatic hydroxyl groups is 1. The molecule has 0 saturated carbocycles. The Morgan fingerprint density at radius 2 is 1.81 bits per heavy atom. The van der Waals surface area contributed by atoms with Crippen molar-refractivity contribution in [2.45, 2.75) is 20.8 Å². The lowest BCUT2D eigenvalue weighted by Crippen LogP contribution is -1.99. The van der Waals surface area contributed by atoms with Gasteiger partial charge in [-0.3, -0.25) is 4.79 Å². The molecule has 1 N–H and O–H groups in total. The van der Waals surface area contributed by atoms with Gasteiger partial charge in [-0.05, 0) is 67.3 Å². The second kappa shape index (κ2) is 7.32. The summed E-state index contributed by atoms with van der Waals surface area (Å²) in [5.41, 5.74) is 3.56. The third kappa shape index (κ3) is 3.61. The number of phenolic OH excluding ortho intramolecular Hbond substituents is 1. The Morgan fingerprint density at radius 3 is 2.44 bits per heavy atom. The number of methoxy groups -OCH3 is 1. The van der Waals surface area contributed by atoms with E-state index >= 15 is 0 Å². The zero-order chi connectivity index (χ0) is 19.7. The van der Waals surface area contributed by atoms with E-state index in [0.29, 0.717) is 15.3 Å². The van der Waals surface area contributed by atoms with Gasteiger partial charge in [-0.25, -0.2) is 9.78 Å². The molecule has 2 aromatic heterocycles. The number of benzene rings is 1. The Bertz CT molecular complexity index is 1070. The maximum atomic E-state index is 12.5. The van der Waals surface area contributed by atoms with Gasteiger partial charge in [0.05, 0.1) is 7.11 Å². The molecule has 0 aliphatic carbocycles. The van der Waals surface area contributed by atoms with Crippen LogP contribution in [0.1, 0.15) is 42.3 Å². The molecule has 6 heteroatoms. The Labute approximate surface area is 160 Å². The third-order valence-electron chi connectivity index (χ3n) is 4.39. The van der Waals surface area contributed by atoms with Gasteiger partial charge in [0, 0.05) is 17.1 Å². The third-order valence-corrected chi connectivity index (χ3v) is 5.59. The number of aromatic nitrogens is 1. The van der Waals surface area contributed by atoms with Crippen molar-refractivity contribution < 1.29 is 19.4 Å². The first-order valence-corrected chi connectivity index (χ1v) is 9.13. The number of esters is 1. The van der Waals surface area contributed by atoms with Gasteiger partial charge in [0.25, 0.3) is 0 Å². The smallest absolute Gasteiger partial charge is 0.348 e. The zero-order valence-electron chi connectivity index (χ0n) is 15.5. The van der Waals surface area contributed by atoms with Crippen LogP contribution in [0.2, 0.25) is 0 Å². The lowest BCUT2D eigenvalue weighted by molar-refractivity contribution is 0.0605. The molecule has 0 radical (unpaired) electrons. The maximum Gasteiger partial charge on any atom is 0.348 e. The number of thiophene rings is 1. The van der Waals surface area contributed by atoms with Crippen molar-refractivity contribution in [2.24, 2.45) is 0 Å². The van der Waals surface area contributed by atoms with Crippen molar-refractivity contribution in [1.29, 1.82) is 0 Å².